The second kappa shape index (κ2) is 4.11. The molecule has 0 amide bonds. The Morgan fingerprint density at radius 3 is 2.79 bits per heavy atom. The van der Waals surface area contributed by atoms with Gasteiger partial charge in [-0.15, -0.1) is 0 Å². The average Bonchev–Trinajstić information content (AvgIpc) is 2.20. The first-order valence-corrected chi connectivity index (χ1v) is 5.38. The predicted octanol–water partition coefficient (Wildman–Crippen LogP) is 3.14. The molecule has 0 radical (unpaired) electrons. The molecule has 2 aromatic rings. The van der Waals surface area contributed by atoms with Crippen LogP contribution >= 0.6 is 15.9 Å². The fourth-order valence-corrected chi connectivity index (χ4v) is 2.06. The fraction of sp³-hybridized carbons (Fsp3) is 0.167. The second-order valence-corrected chi connectivity index (χ2v) is 4.12. The Kier molecular flexibility index (Phi) is 2.85. The maximum Gasteiger partial charge on any atom is 0.0471 e. The van der Waals surface area contributed by atoms with Crippen LogP contribution in [0.3, 0.4) is 0 Å². The number of benzene rings is 2. The highest BCUT2D eigenvalue weighted by Gasteiger charge is 1.99. The maximum absolute atomic E-state index is 8.85. The zero-order valence-corrected chi connectivity index (χ0v) is 9.29. The first-order valence-electron chi connectivity index (χ1n) is 4.59. The molecule has 0 aliphatic heterocycles. The van der Waals surface area contributed by atoms with Gasteiger partial charge in [0, 0.05) is 11.1 Å². The van der Waals surface area contributed by atoms with Crippen LogP contribution in [0, 0.1) is 0 Å². The molecule has 2 heteroatoms. The van der Waals surface area contributed by atoms with Crippen LogP contribution < -0.4 is 0 Å². The molecule has 0 aromatic heterocycles. The van der Waals surface area contributed by atoms with Gasteiger partial charge in [-0.25, -0.2) is 0 Å². The van der Waals surface area contributed by atoms with E-state index in [2.05, 4.69) is 40.2 Å². The van der Waals surface area contributed by atoms with E-state index < -0.39 is 0 Å². The third-order valence-corrected chi connectivity index (χ3v) is 2.99. The van der Waals surface area contributed by atoms with Crippen molar-refractivity contribution in [1.82, 2.24) is 0 Å². The van der Waals surface area contributed by atoms with Crippen molar-refractivity contribution >= 4 is 26.7 Å². The highest BCUT2D eigenvalue weighted by atomic mass is 79.9. The molecule has 0 saturated heterocycles. The van der Waals surface area contributed by atoms with Gasteiger partial charge in [0.1, 0.15) is 0 Å². The first kappa shape index (κ1) is 9.69. The van der Waals surface area contributed by atoms with Gasteiger partial charge in [-0.1, -0.05) is 40.2 Å². The molecule has 1 nitrogen and oxygen atoms in total. The maximum atomic E-state index is 8.85. The summed E-state index contributed by atoms with van der Waals surface area (Å²) in [5.74, 6) is 0. The van der Waals surface area contributed by atoms with Crippen molar-refractivity contribution in [1.29, 1.82) is 0 Å². The van der Waals surface area contributed by atoms with E-state index in [1.165, 1.54) is 16.3 Å². The molecule has 2 rings (SSSR count). The lowest BCUT2D eigenvalue weighted by atomic mass is 10.1. The van der Waals surface area contributed by atoms with Crippen LogP contribution in [0.25, 0.3) is 10.8 Å². The molecule has 0 aliphatic carbocycles. The summed E-state index contributed by atoms with van der Waals surface area (Å²) in [7, 11) is 0. The average molecular weight is 251 g/mol. The summed E-state index contributed by atoms with van der Waals surface area (Å²) in [6, 6.07) is 12.4. The third-order valence-electron chi connectivity index (χ3n) is 2.29. The Bertz CT molecular complexity index is 451. The summed E-state index contributed by atoms with van der Waals surface area (Å²) in [5.41, 5.74) is 1.17. The Labute approximate surface area is 91.5 Å². The van der Waals surface area contributed by atoms with Gasteiger partial charge in [-0.3, -0.25) is 0 Å². The molecule has 72 valence electrons. The Morgan fingerprint density at radius 1 is 1.14 bits per heavy atom. The van der Waals surface area contributed by atoms with Gasteiger partial charge in [0.15, 0.2) is 0 Å². The summed E-state index contributed by atoms with van der Waals surface area (Å²) in [6.07, 6.45) is 0.720. The fourth-order valence-electron chi connectivity index (χ4n) is 1.57. The van der Waals surface area contributed by atoms with Gasteiger partial charge < -0.3 is 5.11 Å². The number of fused-ring (bicyclic) bond motifs is 1. The van der Waals surface area contributed by atoms with E-state index in [-0.39, 0.29) is 6.61 Å². The van der Waals surface area contributed by atoms with Crippen LogP contribution in [-0.2, 0) is 6.42 Å². The normalized spacial score (nSPS) is 10.7. The van der Waals surface area contributed by atoms with Crippen molar-refractivity contribution in [2.45, 2.75) is 6.42 Å². The van der Waals surface area contributed by atoms with E-state index in [0.29, 0.717) is 0 Å². The van der Waals surface area contributed by atoms with E-state index in [1.54, 1.807) is 0 Å². The lowest BCUT2D eigenvalue weighted by Gasteiger charge is -2.03. The quantitative estimate of drug-likeness (QED) is 0.869. The van der Waals surface area contributed by atoms with Crippen molar-refractivity contribution in [3.05, 3.63) is 46.4 Å². The van der Waals surface area contributed by atoms with Crippen LogP contribution in [0.1, 0.15) is 5.56 Å². The minimum absolute atomic E-state index is 0.204. The molecule has 0 atom stereocenters. The lowest BCUT2D eigenvalue weighted by Crippen LogP contribution is -1.90. The van der Waals surface area contributed by atoms with Crippen LogP contribution in [0.15, 0.2) is 40.9 Å². The standard InChI is InChI=1S/C12H11BrO/c13-12-3-1-2-10-5-4-9(6-7-14)8-11(10)12/h1-5,8,14H,6-7H2. The zero-order chi connectivity index (χ0) is 9.97. The summed E-state index contributed by atoms with van der Waals surface area (Å²) < 4.78 is 1.11. The molecule has 1 N–H and O–H groups in total. The Balaban J connectivity index is 2.58. The van der Waals surface area contributed by atoms with Crippen LogP contribution in [-0.4, -0.2) is 11.7 Å². The van der Waals surface area contributed by atoms with Gasteiger partial charge in [0.2, 0.25) is 0 Å². The molecule has 0 aliphatic rings. The third kappa shape index (κ3) is 1.81. The minimum atomic E-state index is 0.204. The van der Waals surface area contributed by atoms with Gasteiger partial charge >= 0.3 is 0 Å². The van der Waals surface area contributed by atoms with Crippen molar-refractivity contribution in [3.63, 3.8) is 0 Å². The van der Waals surface area contributed by atoms with E-state index >= 15 is 0 Å². The second-order valence-electron chi connectivity index (χ2n) is 3.27. The molecular weight excluding hydrogens is 240 g/mol. The number of aliphatic hydroxyl groups excluding tert-OH is 1. The molecule has 0 heterocycles. The smallest absolute Gasteiger partial charge is 0.0471 e. The van der Waals surface area contributed by atoms with E-state index in [1.807, 2.05) is 12.1 Å². The minimum Gasteiger partial charge on any atom is -0.396 e. The summed E-state index contributed by atoms with van der Waals surface area (Å²) >= 11 is 3.52. The van der Waals surface area contributed by atoms with Crippen molar-refractivity contribution in [2.24, 2.45) is 0 Å². The van der Waals surface area contributed by atoms with Crippen molar-refractivity contribution in [2.75, 3.05) is 6.61 Å². The van der Waals surface area contributed by atoms with Gasteiger partial charge in [-0.2, -0.15) is 0 Å². The largest absolute Gasteiger partial charge is 0.396 e. The van der Waals surface area contributed by atoms with Crippen molar-refractivity contribution in [3.8, 4) is 0 Å². The van der Waals surface area contributed by atoms with Gasteiger partial charge in [0.05, 0.1) is 0 Å². The number of hydrogen-bond acceptors (Lipinski definition) is 1. The number of aliphatic hydroxyl groups is 1. The number of rotatable bonds is 2. The topological polar surface area (TPSA) is 20.2 Å². The molecular formula is C12H11BrO. The Morgan fingerprint density at radius 2 is 2.00 bits per heavy atom. The predicted molar refractivity (Wildman–Crippen MR) is 62.4 cm³/mol. The molecule has 0 saturated carbocycles. The summed E-state index contributed by atoms with van der Waals surface area (Å²) in [5, 5.41) is 11.3. The summed E-state index contributed by atoms with van der Waals surface area (Å²) in [6.45, 7) is 0.204. The van der Waals surface area contributed by atoms with Crippen LogP contribution in [0.2, 0.25) is 0 Å². The molecule has 0 bridgehead atoms. The zero-order valence-electron chi connectivity index (χ0n) is 7.70. The molecule has 0 spiro atoms. The van der Waals surface area contributed by atoms with Gasteiger partial charge in [-0.05, 0) is 34.9 Å². The molecule has 14 heavy (non-hydrogen) atoms. The number of halogens is 1. The molecule has 0 fully saturated rings. The van der Waals surface area contributed by atoms with Crippen molar-refractivity contribution < 1.29 is 5.11 Å². The highest BCUT2D eigenvalue weighted by Crippen LogP contribution is 2.24. The monoisotopic (exact) mass is 250 g/mol. The number of hydrogen-bond donors (Lipinski definition) is 1. The van der Waals surface area contributed by atoms with E-state index in [9.17, 15) is 0 Å². The molecule has 0 unspecified atom stereocenters. The van der Waals surface area contributed by atoms with Crippen LogP contribution in [0.5, 0.6) is 0 Å². The van der Waals surface area contributed by atoms with E-state index in [0.717, 1.165) is 10.9 Å². The highest BCUT2D eigenvalue weighted by molar-refractivity contribution is 9.10. The van der Waals surface area contributed by atoms with Crippen LogP contribution in [0.4, 0.5) is 0 Å². The summed E-state index contributed by atoms with van der Waals surface area (Å²) in [4.78, 5) is 0. The molecule has 2 aromatic carbocycles. The lowest BCUT2D eigenvalue weighted by molar-refractivity contribution is 0.299. The Hall–Kier alpha value is -0.860. The SMILES string of the molecule is OCCc1ccc2cccc(Br)c2c1. The van der Waals surface area contributed by atoms with Gasteiger partial charge in [0.25, 0.3) is 0 Å². The van der Waals surface area contributed by atoms with E-state index in [4.69, 9.17) is 5.11 Å². The first-order chi connectivity index (χ1) is 6.81.